The summed E-state index contributed by atoms with van der Waals surface area (Å²) >= 11 is 0. The van der Waals surface area contributed by atoms with Crippen molar-refractivity contribution in [1.82, 2.24) is 4.98 Å². The highest BCUT2D eigenvalue weighted by Crippen LogP contribution is 2.31. The number of ketones is 1. The number of nitrogens with two attached hydrogens (primary N) is 1. The average molecular weight is 383 g/mol. The van der Waals surface area contributed by atoms with Crippen LogP contribution in [0.3, 0.4) is 0 Å². The Morgan fingerprint density at radius 3 is 2.62 bits per heavy atom. The number of carbonyl (C=O) groups excluding carboxylic acids is 1. The highest BCUT2D eigenvalue weighted by Gasteiger charge is 2.33. The highest BCUT2D eigenvalue weighted by atomic mass is 16.5. The van der Waals surface area contributed by atoms with E-state index in [1.165, 1.54) is 0 Å². The van der Waals surface area contributed by atoms with Gasteiger partial charge in [0.2, 0.25) is 5.78 Å². The second-order valence-corrected chi connectivity index (χ2v) is 7.47. The van der Waals surface area contributed by atoms with E-state index in [1.807, 2.05) is 79.0 Å². The Bertz CT molecular complexity index is 1150. The molecule has 0 aliphatic carbocycles. The molecule has 0 unspecified atom stereocenters. The van der Waals surface area contributed by atoms with Gasteiger partial charge in [-0.3, -0.25) is 4.79 Å². The van der Waals surface area contributed by atoms with E-state index in [0.29, 0.717) is 6.61 Å². The van der Waals surface area contributed by atoms with Crippen LogP contribution < -0.4 is 10.1 Å². The number of nitrogens with one attached hydrogen (secondary N) is 1. The van der Waals surface area contributed by atoms with Crippen molar-refractivity contribution in [2.24, 2.45) is 0 Å². The Morgan fingerprint density at radius 2 is 1.72 bits per heavy atom. The number of hydrogen-bond acceptors (Lipinski definition) is 2. The summed E-state index contributed by atoms with van der Waals surface area (Å²) in [7, 11) is 0. The van der Waals surface area contributed by atoms with Crippen LogP contribution in [0.15, 0.2) is 85.1 Å². The van der Waals surface area contributed by atoms with E-state index < -0.39 is 0 Å². The van der Waals surface area contributed by atoms with Gasteiger partial charge in [-0.1, -0.05) is 60.7 Å². The molecular weight excluding hydrogens is 360 g/mol. The Balaban J connectivity index is 1.54. The Hall–Kier alpha value is -3.37. The van der Waals surface area contributed by atoms with Crippen LogP contribution >= 0.6 is 0 Å². The zero-order valence-electron chi connectivity index (χ0n) is 16.0. The molecule has 0 saturated heterocycles. The molecule has 4 aromatic rings. The van der Waals surface area contributed by atoms with Gasteiger partial charge >= 0.3 is 0 Å². The molecule has 0 fully saturated rings. The van der Waals surface area contributed by atoms with Crippen LogP contribution in [-0.2, 0) is 0 Å². The monoisotopic (exact) mass is 383 g/mol. The lowest BCUT2D eigenvalue weighted by Gasteiger charge is -2.27. The van der Waals surface area contributed by atoms with E-state index in [1.54, 1.807) is 0 Å². The van der Waals surface area contributed by atoms with Crippen molar-refractivity contribution in [3.8, 4) is 5.75 Å². The lowest BCUT2D eigenvalue weighted by atomic mass is 9.93. The summed E-state index contributed by atoms with van der Waals surface area (Å²) in [5.74, 6) is 1.05. The molecule has 144 valence electrons. The van der Waals surface area contributed by atoms with Crippen molar-refractivity contribution < 1.29 is 14.8 Å². The summed E-state index contributed by atoms with van der Waals surface area (Å²) in [5, 5.41) is 3.18. The van der Waals surface area contributed by atoms with Gasteiger partial charge in [0.25, 0.3) is 0 Å². The Labute approximate surface area is 169 Å². The molecule has 3 aromatic carbocycles. The summed E-state index contributed by atoms with van der Waals surface area (Å²) in [4.78, 5) is 17.0. The maximum atomic E-state index is 13.7. The molecule has 0 spiro atoms. The second-order valence-electron chi connectivity index (χ2n) is 7.47. The zero-order valence-corrected chi connectivity index (χ0v) is 16.0. The van der Waals surface area contributed by atoms with Crippen molar-refractivity contribution in [2.45, 2.75) is 18.5 Å². The van der Waals surface area contributed by atoms with Crippen molar-refractivity contribution in [3.05, 3.63) is 102 Å². The molecular formula is C25H23N2O2+. The minimum Gasteiger partial charge on any atom is -0.493 e. The Kier molecular flexibility index (Phi) is 4.62. The molecule has 4 nitrogen and oxygen atoms in total. The number of hydrogen-bond donors (Lipinski definition) is 2. The number of aromatic nitrogens is 1. The van der Waals surface area contributed by atoms with Crippen LogP contribution in [0, 0.1) is 0 Å². The molecule has 1 aliphatic rings. The quantitative estimate of drug-likeness (QED) is 0.508. The van der Waals surface area contributed by atoms with E-state index in [4.69, 9.17) is 4.74 Å². The average Bonchev–Trinajstić information content (AvgIpc) is 3.22. The molecule has 4 heteroatoms. The molecule has 3 N–H and O–H groups in total. The minimum atomic E-state index is -0.313. The SMILES string of the molecule is O=C(c1c[nH]c2ccccc12)[C@@H]([NH2+][C@H]1CCOc2ccccc21)c1ccccc1. The maximum absolute atomic E-state index is 13.7. The van der Waals surface area contributed by atoms with Crippen molar-refractivity contribution in [3.63, 3.8) is 0 Å². The van der Waals surface area contributed by atoms with Gasteiger partial charge in [0.05, 0.1) is 12.2 Å². The first kappa shape index (κ1) is 17.7. The summed E-state index contributed by atoms with van der Waals surface area (Å²) in [6, 6.07) is 26.0. The number of fused-ring (bicyclic) bond motifs is 2. The number of rotatable bonds is 5. The summed E-state index contributed by atoms with van der Waals surface area (Å²) in [5.41, 5.74) is 3.91. The third-order valence-corrected chi connectivity index (χ3v) is 5.73. The van der Waals surface area contributed by atoms with Gasteiger partial charge in [-0.2, -0.15) is 0 Å². The van der Waals surface area contributed by atoms with Gasteiger partial charge in [0, 0.05) is 34.6 Å². The van der Waals surface area contributed by atoms with Crippen LogP contribution in [0.4, 0.5) is 0 Å². The number of quaternary nitrogens is 1. The number of Topliss-reactive ketones (excluding diaryl/α,β-unsaturated/α-hetero) is 1. The van der Waals surface area contributed by atoms with Crippen LogP contribution in [0.1, 0.15) is 40.0 Å². The minimum absolute atomic E-state index is 0.123. The maximum Gasteiger partial charge on any atom is 0.226 e. The number of aromatic amines is 1. The largest absolute Gasteiger partial charge is 0.493 e. The van der Waals surface area contributed by atoms with Gasteiger partial charge in [0.1, 0.15) is 11.8 Å². The zero-order chi connectivity index (χ0) is 19.6. The third kappa shape index (κ3) is 3.32. The topological polar surface area (TPSA) is 58.7 Å². The van der Waals surface area contributed by atoms with Crippen LogP contribution in [0.2, 0.25) is 0 Å². The van der Waals surface area contributed by atoms with Crippen molar-refractivity contribution in [2.75, 3.05) is 6.61 Å². The number of H-pyrrole nitrogens is 1. The highest BCUT2D eigenvalue weighted by molar-refractivity contribution is 6.09. The van der Waals surface area contributed by atoms with E-state index in [-0.39, 0.29) is 17.9 Å². The summed E-state index contributed by atoms with van der Waals surface area (Å²) in [6.45, 7) is 0.668. The molecule has 1 aliphatic heterocycles. The lowest BCUT2D eigenvalue weighted by Crippen LogP contribution is -2.88. The van der Waals surface area contributed by atoms with Gasteiger partial charge in [-0.15, -0.1) is 0 Å². The molecule has 0 amide bonds. The van der Waals surface area contributed by atoms with Gasteiger partial charge in [-0.05, 0) is 18.2 Å². The van der Waals surface area contributed by atoms with E-state index >= 15 is 0 Å². The Morgan fingerprint density at radius 1 is 0.966 bits per heavy atom. The molecule has 2 heterocycles. The number of benzene rings is 3. The summed E-state index contributed by atoms with van der Waals surface area (Å²) < 4.78 is 5.82. The molecule has 0 saturated carbocycles. The van der Waals surface area contributed by atoms with Gasteiger partial charge in [0.15, 0.2) is 6.04 Å². The second kappa shape index (κ2) is 7.57. The predicted octanol–water partition coefficient (Wildman–Crippen LogP) is 4.18. The molecule has 0 bridgehead atoms. The van der Waals surface area contributed by atoms with E-state index in [9.17, 15) is 4.79 Å². The lowest BCUT2D eigenvalue weighted by molar-refractivity contribution is -0.722. The smallest absolute Gasteiger partial charge is 0.226 e. The van der Waals surface area contributed by atoms with Crippen LogP contribution in [0.25, 0.3) is 10.9 Å². The third-order valence-electron chi connectivity index (χ3n) is 5.73. The van der Waals surface area contributed by atoms with Crippen molar-refractivity contribution >= 4 is 16.7 Å². The molecule has 1 aromatic heterocycles. The van der Waals surface area contributed by atoms with Gasteiger partial charge in [-0.25, -0.2) is 0 Å². The number of ether oxygens (including phenoxy) is 1. The first-order valence-electron chi connectivity index (χ1n) is 10.0. The molecule has 5 rings (SSSR count). The van der Waals surface area contributed by atoms with Crippen molar-refractivity contribution in [1.29, 1.82) is 0 Å². The molecule has 0 radical (unpaired) electrons. The standard InChI is InChI=1S/C25H22N2O2/c28-25(20-16-26-21-12-6-4-10-18(20)21)24(17-8-2-1-3-9-17)27-22-14-15-29-23-13-7-5-11-19(22)23/h1-13,16,22,24,26-27H,14-15H2/p+1/t22-,24-/m0/s1. The number of carbonyl (C=O) groups is 1. The summed E-state index contributed by atoms with van der Waals surface area (Å²) in [6.07, 6.45) is 2.72. The molecule has 2 atom stereocenters. The van der Waals surface area contributed by atoms with E-state index in [2.05, 4.69) is 16.4 Å². The fourth-order valence-electron chi connectivity index (χ4n) is 4.26. The predicted molar refractivity (Wildman–Crippen MR) is 113 cm³/mol. The first-order valence-corrected chi connectivity index (χ1v) is 10.0. The van der Waals surface area contributed by atoms with Crippen LogP contribution in [-0.4, -0.2) is 17.4 Å². The fourth-order valence-corrected chi connectivity index (χ4v) is 4.26. The normalized spacial score (nSPS) is 16.8. The fraction of sp³-hybridized carbons (Fsp3) is 0.160. The molecule has 29 heavy (non-hydrogen) atoms. The van der Waals surface area contributed by atoms with E-state index in [0.717, 1.165) is 39.8 Å². The van der Waals surface area contributed by atoms with Gasteiger partial charge < -0.3 is 15.0 Å². The number of para-hydroxylation sites is 2. The van der Waals surface area contributed by atoms with Crippen LogP contribution in [0.5, 0.6) is 5.75 Å². The first-order chi connectivity index (χ1) is 14.3.